The van der Waals surface area contributed by atoms with E-state index in [9.17, 15) is 9.59 Å². The Morgan fingerprint density at radius 3 is 2.77 bits per heavy atom. The molecule has 2 aromatic rings. The van der Waals surface area contributed by atoms with Gasteiger partial charge in [0.15, 0.2) is 6.04 Å². The van der Waals surface area contributed by atoms with Crippen LogP contribution in [-0.4, -0.2) is 29.5 Å². The quantitative estimate of drug-likeness (QED) is 0.790. The van der Waals surface area contributed by atoms with E-state index >= 15 is 0 Å². The fourth-order valence-electron chi connectivity index (χ4n) is 2.00. The number of rotatable bonds is 5. The molecule has 6 heteroatoms. The second-order valence-corrected chi connectivity index (χ2v) is 4.66. The molecule has 0 aliphatic rings. The number of methoxy groups -OCH3 is 1. The topological polar surface area (TPSA) is 70.4 Å². The Bertz CT molecular complexity index is 724. The molecule has 2 rings (SSSR count). The molecule has 0 saturated carbocycles. The van der Waals surface area contributed by atoms with Crippen LogP contribution in [0.1, 0.15) is 19.9 Å². The summed E-state index contributed by atoms with van der Waals surface area (Å²) in [5, 5.41) is 4.27. The van der Waals surface area contributed by atoms with E-state index in [1.807, 2.05) is 24.3 Å². The van der Waals surface area contributed by atoms with Crippen LogP contribution in [0.25, 0.3) is 11.3 Å². The van der Waals surface area contributed by atoms with Crippen molar-refractivity contribution in [1.82, 2.24) is 9.78 Å². The summed E-state index contributed by atoms with van der Waals surface area (Å²) in [6.07, 6.45) is 0. The standard InChI is InChI=1S/C16H18N2O4/c1-4-22-16(20)11(2)18-15(19)9-8-14(17-18)12-6-5-7-13(10-12)21-3/h5-11H,4H2,1-3H3/t11-/m1/s1. The van der Waals surface area contributed by atoms with Crippen LogP contribution in [0.5, 0.6) is 5.75 Å². The zero-order chi connectivity index (χ0) is 16.1. The van der Waals surface area contributed by atoms with Gasteiger partial charge in [0.25, 0.3) is 5.56 Å². The van der Waals surface area contributed by atoms with E-state index in [2.05, 4.69) is 5.10 Å². The van der Waals surface area contributed by atoms with Gasteiger partial charge in [0, 0.05) is 11.6 Å². The van der Waals surface area contributed by atoms with Crippen LogP contribution in [0, 0.1) is 0 Å². The van der Waals surface area contributed by atoms with Crippen LogP contribution in [0.4, 0.5) is 0 Å². The molecule has 1 aromatic heterocycles. The number of hydrogen-bond donors (Lipinski definition) is 0. The molecular weight excluding hydrogens is 284 g/mol. The van der Waals surface area contributed by atoms with Crippen LogP contribution in [-0.2, 0) is 9.53 Å². The van der Waals surface area contributed by atoms with Crippen molar-refractivity contribution in [2.75, 3.05) is 13.7 Å². The first-order valence-electron chi connectivity index (χ1n) is 6.97. The van der Waals surface area contributed by atoms with E-state index in [-0.39, 0.29) is 12.2 Å². The second-order valence-electron chi connectivity index (χ2n) is 4.66. The van der Waals surface area contributed by atoms with E-state index in [0.29, 0.717) is 11.4 Å². The predicted octanol–water partition coefficient (Wildman–Crippen LogP) is 2.04. The third kappa shape index (κ3) is 3.33. The van der Waals surface area contributed by atoms with Crippen molar-refractivity contribution < 1.29 is 14.3 Å². The van der Waals surface area contributed by atoms with E-state index in [4.69, 9.17) is 9.47 Å². The Hall–Kier alpha value is -2.63. The number of nitrogens with zero attached hydrogens (tertiary/aromatic N) is 2. The molecule has 0 saturated heterocycles. The summed E-state index contributed by atoms with van der Waals surface area (Å²) in [6, 6.07) is 9.54. The molecule has 6 nitrogen and oxygen atoms in total. The molecule has 0 radical (unpaired) electrons. The Labute approximate surface area is 128 Å². The van der Waals surface area contributed by atoms with Crippen molar-refractivity contribution in [3.8, 4) is 17.0 Å². The molecular formula is C16H18N2O4. The van der Waals surface area contributed by atoms with Gasteiger partial charge < -0.3 is 9.47 Å². The predicted molar refractivity (Wildman–Crippen MR) is 81.8 cm³/mol. The summed E-state index contributed by atoms with van der Waals surface area (Å²) in [6.45, 7) is 3.56. The second kappa shape index (κ2) is 6.89. The number of hydrogen-bond acceptors (Lipinski definition) is 5. The van der Waals surface area contributed by atoms with Crippen molar-refractivity contribution >= 4 is 5.97 Å². The van der Waals surface area contributed by atoms with Crippen molar-refractivity contribution in [2.45, 2.75) is 19.9 Å². The molecule has 1 aromatic carbocycles. The summed E-state index contributed by atoms with van der Waals surface area (Å²) < 4.78 is 11.2. The Morgan fingerprint density at radius 1 is 1.32 bits per heavy atom. The molecule has 0 bridgehead atoms. The fourth-order valence-corrected chi connectivity index (χ4v) is 2.00. The molecule has 0 unspecified atom stereocenters. The maximum absolute atomic E-state index is 11.9. The van der Waals surface area contributed by atoms with Crippen molar-refractivity contribution in [1.29, 1.82) is 0 Å². The lowest BCUT2D eigenvalue weighted by atomic mass is 10.1. The lowest BCUT2D eigenvalue weighted by molar-refractivity contribution is -0.147. The molecule has 0 spiro atoms. The average Bonchev–Trinajstić information content (AvgIpc) is 2.55. The van der Waals surface area contributed by atoms with E-state index in [1.54, 1.807) is 27.0 Å². The molecule has 1 heterocycles. The van der Waals surface area contributed by atoms with Gasteiger partial charge in [-0.1, -0.05) is 12.1 Å². The highest BCUT2D eigenvalue weighted by Crippen LogP contribution is 2.21. The summed E-state index contributed by atoms with van der Waals surface area (Å²) in [7, 11) is 1.58. The number of ether oxygens (including phenoxy) is 2. The summed E-state index contributed by atoms with van der Waals surface area (Å²) in [4.78, 5) is 23.7. The lowest BCUT2D eigenvalue weighted by Crippen LogP contribution is -2.31. The Morgan fingerprint density at radius 2 is 2.09 bits per heavy atom. The monoisotopic (exact) mass is 302 g/mol. The van der Waals surface area contributed by atoms with Gasteiger partial charge in [-0.05, 0) is 32.0 Å². The minimum Gasteiger partial charge on any atom is -0.497 e. The summed E-state index contributed by atoms with van der Waals surface area (Å²) in [5.74, 6) is 0.204. The van der Waals surface area contributed by atoms with Crippen LogP contribution >= 0.6 is 0 Å². The first-order valence-corrected chi connectivity index (χ1v) is 6.97. The first kappa shape index (κ1) is 15.8. The van der Waals surface area contributed by atoms with Gasteiger partial charge >= 0.3 is 5.97 Å². The van der Waals surface area contributed by atoms with E-state index in [0.717, 1.165) is 10.2 Å². The van der Waals surface area contributed by atoms with Crippen molar-refractivity contribution in [3.05, 3.63) is 46.8 Å². The lowest BCUT2D eigenvalue weighted by Gasteiger charge is -2.13. The number of aromatic nitrogens is 2. The molecule has 0 N–H and O–H groups in total. The smallest absolute Gasteiger partial charge is 0.330 e. The highest BCUT2D eigenvalue weighted by atomic mass is 16.5. The number of benzene rings is 1. The first-order chi connectivity index (χ1) is 10.6. The minimum absolute atomic E-state index is 0.257. The minimum atomic E-state index is -0.780. The molecule has 0 fully saturated rings. The number of carbonyl (C=O) groups is 1. The number of esters is 1. The van der Waals surface area contributed by atoms with Gasteiger partial charge in [-0.25, -0.2) is 9.48 Å². The fraction of sp³-hybridized carbons (Fsp3) is 0.312. The third-order valence-electron chi connectivity index (χ3n) is 3.19. The normalized spacial score (nSPS) is 11.8. The molecule has 0 amide bonds. The van der Waals surface area contributed by atoms with Gasteiger partial charge in [-0.3, -0.25) is 4.79 Å². The largest absolute Gasteiger partial charge is 0.497 e. The van der Waals surface area contributed by atoms with E-state index < -0.39 is 12.0 Å². The van der Waals surface area contributed by atoms with E-state index in [1.165, 1.54) is 6.07 Å². The van der Waals surface area contributed by atoms with Crippen LogP contribution in [0.3, 0.4) is 0 Å². The molecule has 1 atom stereocenters. The highest BCUT2D eigenvalue weighted by molar-refractivity contribution is 5.73. The Balaban J connectivity index is 2.41. The van der Waals surface area contributed by atoms with Crippen molar-refractivity contribution in [2.24, 2.45) is 0 Å². The Kier molecular flexibility index (Phi) is 4.93. The molecule has 22 heavy (non-hydrogen) atoms. The maximum atomic E-state index is 11.9. The highest BCUT2D eigenvalue weighted by Gasteiger charge is 2.19. The summed E-state index contributed by atoms with van der Waals surface area (Å²) in [5.41, 5.74) is 1.02. The molecule has 0 aliphatic carbocycles. The van der Waals surface area contributed by atoms with Gasteiger partial charge in [-0.2, -0.15) is 5.10 Å². The third-order valence-corrected chi connectivity index (χ3v) is 3.19. The molecule has 116 valence electrons. The summed E-state index contributed by atoms with van der Waals surface area (Å²) >= 11 is 0. The van der Waals surface area contributed by atoms with Gasteiger partial charge in [0.2, 0.25) is 0 Å². The number of carbonyl (C=O) groups excluding carboxylic acids is 1. The molecule has 0 aliphatic heterocycles. The van der Waals surface area contributed by atoms with Crippen LogP contribution < -0.4 is 10.3 Å². The zero-order valence-electron chi connectivity index (χ0n) is 12.8. The SMILES string of the molecule is CCOC(=O)[C@@H](C)n1nc(-c2cccc(OC)c2)ccc1=O. The van der Waals surface area contributed by atoms with Crippen molar-refractivity contribution in [3.63, 3.8) is 0 Å². The van der Waals surface area contributed by atoms with Crippen LogP contribution in [0.2, 0.25) is 0 Å². The average molecular weight is 302 g/mol. The van der Waals surface area contributed by atoms with Crippen LogP contribution in [0.15, 0.2) is 41.2 Å². The van der Waals surface area contributed by atoms with Gasteiger partial charge in [0.1, 0.15) is 5.75 Å². The van der Waals surface area contributed by atoms with Gasteiger partial charge in [0.05, 0.1) is 19.4 Å². The maximum Gasteiger partial charge on any atom is 0.330 e. The van der Waals surface area contributed by atoms with Gasteiger partial charge in [-0.15, -0.1) is 0 Å². The zero-order valence-corrected chi connectivity index (χ0v) is 12.8.